The number of aromatic nitrogens is 3. The Balaban J connectivity index is 1.63. The third-order valence-electron chi connectivity index (χ3n) is 3.73. The number of thioether (sulfide) groups is 1. The van der Waals surface area contributed by atoms with Crippen LogP contribution in [0, 0.1) is 6.92 Å². The van der Waals surface area contributed by atoms with Crippen molar-refractivity contribution in [2.75, 3.05) is 11.1 Å². The van der Waals surface area contributed by atoms with Crippen LogP contribution in [-0.2, 0) is 18.3 Å². The van der Waals surface area contributed by atoms with E-state index in [1.807, 2.05) is 42.8 Å². The number of rotatable bonds is 6. The maximum absolute atomic E-state index is 12.1. The fourth-order valence-electron chi connectivity index (χ4n) is 2.43. The summed E-state index contributed by atoms with van der Waals surface area (Å²) in [7, 11) is 1.93. The minimum atomic E-state index is -0.0519. The Morgan fingerprint density at radius 2 is 2.16 bits per heavy atom. The predicted molar refractivity (Wildman–Crippen MR) is 104 cm³/mol. The molecule has 7 heteroatoms. The average molecular weight is 373 g/mol. The average Bonchev–Trinajstić information content (AvgIpc) is 3.19. The third-order valence-corrected chi connectivity index (χ3v) is 5.83. The van der Waals surface area contributed by atoms with E-state index < -0.39 is 0 Å². The lowest BCUT2D eigenvalue weighted by atomic mass is 10.2. The molecule has 0 spiro atoms. The molecule has 0 aliphatic carbocycles. The van der Waals surface area contributed by atoms with E-state index in [1.54, 1.807) is 11.3 Å². The van der Waals surface area contributed by atoms with Crippen LogP contribution in [0.1, 0.15) is 17.4 Å². The molecule has 0 aliphatic rings. The Bertz CT molecular complexity index is 885. The molecule has 3 aromatic rings. The van der Waals surface area contributed by atoms with E-state index in [1.165, 1.54) is 16.6 Å². The smallest absolute Gasteiger partial charge is 0.234 e. The highest BCUT2D eigenvalue weighted by Gasteiger charge is 2.14. The van der Waals surface area contributed by atoms with E-state index in [-0.39, 0.29) is 5.91 Å². The van der Waals surface area contributed by atoms with Crippen LogP contribution < -0.4 is 5.32 Å². The molecular formula is C18H20N4OS2. The Hall–Kier alpha value is -2.12. The molecule has 0 unspecified atom stereocenters. The van der Waals surface area contributed by atoms with Gasteiger partial charge in [-0.2, -0.15) is 0 Å². The third kappa shape index (κ3) is 4.29. The van der Waals surface area contributed by atoms with Gasteiger partial charge in [-0.05, 0) is 37.1 Å². The molecule has 0 fully saturated rings. The highest BCUT2D eigenvalue weighted by Crippen LogP contribution is 2.27. The number of benzene rings is 1. The minimum absolute atomic E-state index is 0.0519. The van der Waals surface area contributed by atoms with Crippen LogP contribution in [0.3, 0.4) is 0 Å². The van der Waals surface area contributed by atoms with E-state index in [2.05, 4.69) is 33.9 Å². The zero-order valence-corrected chi connectivity index (χ0v) is 16.1. The van der Waals surface area contributed by atoms with E-state index in [4.69, 9.17) is 0 Å². The van der Waals surface area contributed by atoms with Crippen molar-refractivity contribution in [2.45, 2.75) is 25.4 Å². The van der Waals surface area contributed by atoms with Crippen LogP contribution in [0.4, 0.5) is 5.69 Å². The molecule has 1 aromatic carbocycles. The van der Waals surface area contributed by atoms with Crippen LogP contribution in [0.5, 0.6) is 0 Å². The van der Waals surface area contributed by atoms with Crippen molar-refractivity contribution in [3.8, 4) is 11.4 Å². The van der Waals surface area contributed by atoms with E-state index in [9.17, 15) is 4.79 Å². The molecule has 1 N–H and O–H groups in total. The second kappa shape index (κ2) is 7.84. The standard InChI is InChI=1S/C18H20N4OS2/c1-4-15-9-13(10-24-15)17-20-21-18(22(17)3)25-11-16(23)19-14-7-5-6-12(2)8-14/h5-10H,4,11H2,1-3H3,(H,19,23). The van der Waals surface area contributed by atoms with Gasteiger partial charge in [0.1, 0.15) is 0 Å². The van der Waals surface area contributed by atoms with Gasteiger partial charge in [0.15, 0.2) is 11.0 Å². The Morgan fingerprint density at radius 3 is 2.88 bits per heavy atom. The number of hydrogen-bond acceptors (Lipinski definition) is 5. The van der Waals surface area contributed by atoms with Gasteiger partial charge in [-0.25, -0.2) is 0 Å². The number of carbonyl (C=O) groups is 1. The van der Waals surface area contributed by atoms with Crippen LogP contribution in [0.25, 0.3) is 11.4 Å². The number of aryl methyl sites for hydroxylation is 2. The van der Waals surface area contributed by atoms with Crippen molar-refractivity contribution in [3.05, 3.63) is 46.2 Å². The molecule has 0 saturated carbocycles. The van der Waals surface area contributed by atoms with Gasteiger partial charge in [0, 0.05) is 28.6 Å². The first-order valence-electron chi connectivity index (χ1n) is 8.03. The van der Waals surface area contributed by atoms with Crippen molar-refractivity contribution in [1.29, 1.82) is 0 Å². The summed E-state index contributed by atoms with van der Waals surface area (Å²) in [6.07, 6.45) is 1.02. The van der Waals surface area contributed by atoms with Gasteiger partial charge < -0.3 is 9.88 Å². The minimum Gasteiger partial charge on any atom is -0.325 e. The summed E-state index contributed by atoms with van der Waals surface area (Å²) in [6, 6.07) is 9.91. The molecule has 0 aliphatic heterocycles. The van der Waals surface area contributed by atoms with Crippen LogP contribution in [0.15, 0.2) is 40.9 Å². The summed E-state index contributed by atoms with van der Waals surface area (Å²) in [5, 5.41) is 14.2. The Kier molecular flexibility index (Phi) is 5.55. The second-order valence-electron chi connectivity index (χ2n) is 5.73. The number of nitrogens with zero attached hydrogens (tertiary/aromatic N) is 3. The number of anilines is 1. The van der Waals surface area contributed by atoms with Crippen molar-refractivity contribution in [1.82, 2.24) is 14.8 Å². The molecule has 0 saturated heterocycles. The molecule has 130 valence electrons. The molecule has 1 amide bonds. The molecule has 2 aromatic heterocycles. The van der Waals surface area contributed by atoms with E-state index >= 15 is 0 Å². The van der Waals surface area contributed by atoms with Crippen molar-refractivity contribution in [3.63, 3.8) is 0 Å². The highest BCUT2D eigenvalue weighted by molar-refractivity contribution is 7.99. The number of nitrogens with one attached hydrogen (secondary N) is 1. The monoisotopic (exact) mass is 372 g/mol. The molecule has 5 nitrogen and oxygen atoms in total. The maximum Gasteiger partial charge on any atom is 0.234 e. The Morgan fingerprint density at radius 1 is 1.32 bits per heavy atom. The summed E-state index contributed by atoms with van der Waals surface area (Å²) in [5.41, 5.74) is 3.01. The maximum atomic E-state index is 12.1. The van der Waals surface area contributed by atoms with Gasteiger partial charge in [0.05, 0.1) is 5.75 Å². The van der Waals surface area contributed by atoms with Crippen LogP contribution in [0.2, 0.25) is 0 Å². The SMILES string of the molecule is CCc1cc(-c2nnc(SCC(=O)Nc3cccc(C)c3)n2C)cs1. The lowest BCUT2D eigenvalue weighted by Crippen LogP contribution is -2.14. The van der Waals surface area contributed by atoms with Gasteiger partial charge in [-0.15, -0.1) is 21.5 Å². The van der Waals surface area contributed by atoms with Gasteiger partial charge in [-0.1, -0.05) is 30.8 Å². The van der Waals surface area contributed by atoms with Gasteiger partial charge >= 0.3 is 0 Å². The first-order valence-corrected chi connectivity index (χ1v) is 9.90. The zero-order chi connectivity index (χ0) is 17.8. The summed E-state index contributed by atoms with van der Waals surface area (Å²) < 4.78 is 1.94. The molecular weight excluding hydrogens is 352 g/mol. The van der Waals surface area contributed by atoms with Gasteiger partial charge in [-0.3, -0.25) is 4.79 Å². The topological polar surface area (TPSA) is 59.8 Å². The molecule has 0 radical (unpaired) electrons. The fourth-order valence-corrected chi connectivity index (χ4v) is 3.95. The first kappa shape index (κ1) is 17.7. The largest absolute Gasteiger partial charge is 0.325 e. The molecule has 0 atom stereocenters. The van der Waals surface area contributed by atoms with E-state index in [0.717, 1.165) is 34.2 Å². The molecule has 25 heavy (non-hydrogen) atoms. The number of carbonyl (C=O) groups excluding carboxylic acids is 1. The fraction of sp³-hybridized carbons (Fsp3) is 0.278. The van der Waals surface area contributed by atoms with Crippen LogP contribution >= 0.6 is 23.1 Å². The number of hydrogen-bond donors (Lipinski definition) is 1. The Labute approximate surface area is 155 Å². The number of thiophene rings is 1. The van der Waals surface area contributed by atoms with Gasteiger partial charge in [0.25, 0.3) is 0 Å². The predicted octanol–water partition coefficient (Wildman–Crippen LogP) is 4.15. The summed E-state index contributed by atoms with van der Waals surface area (Å²) >= 11 is 3.12. The zero-order valence-electron chi connectivity index (χ0n) is 14.4. The highest BCUT2D eigenvalue weighted by atomic mass is 32.2. The molecule has 2 heterocycles. The molecule has 0 bridgehead atoms. The van der Waals surface area contributed by atoms with E-state index in [0.29, 0.717) is 5.75 Å². The summed E-state index contributed by atoms with van der Waals surface area (Å²) in [5.74, 6) is 1.07. The molecule has 3 rings (SSSR count). The normalized spacial score (nSPS) is 10.8. The summed E-state index contributed by atoms with van der Waals surface area (Å²) in [6.45, 7) is 4.14. The number of amides is 1. The first-order chi connectivity index (χ1) is 12.1. The lowest BCUT2D eigenvalue weighted by molar-refractivity contribution is -0.113. The van der Waals surface area contributed by atoms with Gasteiger partial charge in [0.2, 0.25) is 5.91 Å². The second-order valence-corrected chi connectivity index (χ2v) is 7.67. The van der Waals surface area contributed by atoms with Crippen molar-refractivity contribution in [2.24, 2.45) is 7.05 Å². The quantitative estimate of drug-likeness (QED) is 0.661. The van der Waals surface area contributed by atoms with Crippen molar-refractivity contribution >= 4 is 34.7 Å². The van der Waals surface area contributed by atoms with Crippen LogP contribution in [-0.4, -0.2) is 26.4 Å². The van der Waals surface area contributed by atoms with Crippen molar-refractivity contribution < 1.29 is 4.79 Å². The summed E-state index contributed by atoms with van der Waals surface area (Å²) in [4.78, 5) is 13.5. The lowest BCUT2D eigenvalue weighted by Gasteiger charge is -2.06.